The van der Waals surface area contributed by atoms with Crippen LogP contribution in [0, 0.1) is 33.1 Å². The molecule has 0 aliphatic carbocycles. The number of hydrogen-bond donors (Lipinski definition) is 22. The molecule has 5 aliphatic rings. The van der Waals surface area contributed by atoms with Crippen molar-refractivity contribution < 1.29 is 19.2 Å². The number of fused-ring (bicyclic) bond motifs is 6. The molecule has 1 fully saturated rings. The Morgan fingerprint density at radius 2 is 1.02 bits per heavy atom. The first-order chi connectivity index (χ1) is 59.3. The average molecular weight is 1740 g/mol. The monoisotopic (exact) mass is 1740 g/mol. The van der Waals surface area contributed by atoms with Gasteiger partial charge < -0.3 is 105 Å². The highest BCUT2D eigenvalue weighted by atomic mass is 16.2. The number of nitrogens with zero attached hydrogens (tertiary/aromatic N) is 25. The van der Waals surface area contributed by atoms with E-state index in [-0.39, 0.29) is 106 Å². The summed E-state index contributed by atoms with van der Waals surface area (Å²) in [5.74, 6) is 2.59. The third-order valence-electron chi connectivity index (χ3n) is 16.5. The van der Waals surface area contributed by atoms with E-state index in [1.165, 1.54) is 52.8 Å². The van der Waals surface area contributed by atoms with Gasteiger partial charge in [-0.3, -0.25) is 95.1 Å². The number of aliphatic imine (C=N–C) groups is 1. The summed E-state index contributed by atoms with van der Waals surface area (Å²) in [6.07, 6.45) is 21.9. The van der Waals surface area contributed by atoms with Crippen LogP contribution in [0.2, 0.25) is 0 Å². The van der Waals surface area contributed by atoms with Crippen LogP contribution in [0.5, 0.6) is 0 Å². The molecule has 0 aromatic carbocycles. The molecular formula is C67H89N47O12. The molecule has 6 amide bonds. The molecule has 0 spiro atoms. The second kappa shape index (κ2) is 42.2. The number of imidazole rings is 4. The number of nitrogen functional groups attached to an aromatic ring is 10. The number of carbonyl (C=O) groups is 4. The highest BCUT2D eigenvalue weighted by molar-refractivity contribution is 6.08. The van der Waals surface area contributed by atoms with Gasteiger partial charge in [0.1, 0.15) is 57.2 Å². The number of nitrogens with two attached hydrogens (primary N) is 11. The third kappa shape index (κ3) is 26.2. The SMILES string of the molecule is CN1C=CN2C(=N)NC(=O)NC12.CN1C=CN2C(=O)NC(N)=NC12.Cc1cnc(=O)[nH]c1N.Cc1cnc(N)nc1N.Cc1cnc(N)nc1N.Cc1ncc(N)[nH]c1=O.Cn1ccc(=O)[nH]c1=O.Cn1ccc(=O)nc1N.Cn1cnc2c(=O)[nH]c(=O)[nH]c21.Cn1cnc2c(N)[nH]c(=O)nc21.Cn1cnc2c(N)nc(N)nc21.Cn1cnc2c1CC(=O)NC2=O. The number of aryl methyl sites for hydroxylation is 10. The van der Waals surface area contributed by atoms with E-state index in [1.807, 2.05) is 39.9 Å². The Hall–Kier alpha value is -18.6. The van der Waals surface area contributed by atoms with Crippen molar-refractivity contribution in [2.24, 2.45) is 53.0 Å². The largest absolute Gasteiger partial charge is 0.385 e. The summed E-state index contributed by atoms with van der Waals surface area (Å²) in [6, 6.07) is 2.07. The molecule has 664 valence electrons. The van der Waals surface area contributed by atoms with Crippen molar-refractivity contribution in [3.8, 4) is 0 Å². The molecule has 2 unspecified atom stereocenters. The van der Waals surface area contributed by atoms with Crippen molar-refractivity contribution in [1.29, 1.82) is 5.41 Å². The molecule has 59 heteroatoms. The quantitative estimate of drug-likeness (QED) is 0.0627. The highest BCUT2D eigenvalue weighted by Crippen LogP contribution is 2.19. The molecule has 0 radical (unpaired) electrons. The summed E-state index contributed by atoms with van der Waals surface area (Å²) in [5, 5.41) is 17.0. The minimum Gasteiger partial charge on any atom is -0.385 e. The van der Waals surface area contributed by atoms with Crippen molar-refractivity contribution in [2.45, 2.75) is 46.7 Å². The maximum absolute atomic E-state index is 11.2. The van der Waals surface area contributed by atoms with Crippen LogP contribution in [-0.4, -0.2) is 209 Å². The van der Waals surface area contributed by atoms with Gasteiger partial charge >= 0.3 is 34.8 Å². The van der Waals surface area contributed by atoms with E-state index >= 15 is 0 Å². The Balaban J connectivity index is 0.000000189. The van der Waals surface area contributed by atoms with Crippen LogP contribution in [0.3, 0.4) is 0 Å². The van der Waals surface area contributed by atoms with E-state index in [1.54, 1.807) is 138 Å². The lowest BCUT2D eigenvalue weighted by atomic mass is 10.1. The van der Waals surface area contributed by atoms with Gasteiger partial charge in [0.25, 0.3) is 28.1 Å². The molecule has 0 saturated carbocycles. The van der Waals surface area contributed by atoms with Gasteiger partial charge in [0.15, 0.2) is 28.9 Å². The number of rotatable bonds is 0. The maximum atomic E-state index is 11.2. The van der Waals surface area contributed by atoms with Crippen LogP contribution < -0.4 is 129 Å². The fourth-order valence-electron chi connectivity index (χ4n) is 9.64. The molecule has 1 saturated heterocycles. The molecule has 13 aromatic heterocycles. The molecule has 18 rings (SSSR count). The van der Waals surface area contributed by atoms with Gasteiger partial charge in [0.05, 0.1) is 43.6 Å². The smallest absolute Gasteiger partial charge is 0.348 e. The van der Waals surface area contributed by atoms with E-state index in [9.17, 15) is 57.5 Å². The van der Waals surface area contributed by atoms with Gasteiger partial charge in [-0.05, 0) is 27.7 Å². The summed E-state index contributed by atoms with van der Waals surface area (Å²) < 4.78 is 9.51. The zero-order valence-electron chi connectivity index (χ0n) is 69.0. The van der Waals surface area contributed by atoms with Gasteiger partial charge in [0.2, 0.25) is 47.9 Å². The minimum absolute atomic E-state index is 0.101. The van der Waals surface area contributed by atoms with Gasteiger partial charge in [-0.15, -0.1) is 0 Å². The number of aromatic nitrogens is 26. The Morgan fingerprint density at radius 1 is 0.452 bits per heavy atom. The fraction of sp³-hybridized carbons (Fsp3) is 0.224. The molecule has 59 nitrogen and oxygen atoms in total. The summed E-state index contributed by atoms with van der Waals surface area (Å²) in [6.45, 7) is 7.06. The van der Waals surface area contributed by atoms with Gasteiger partial charge in [-0.2, -0.15) is 29.9 Å². The maximum Gasteiger partial charge on any atom is 0.348 e. The number of aromatic amines is 6. The summed E-state index contributed by atoms with van der Waals surface area (Å²) in [7, 11) is 14.0. The number of urea groups is 2. The number of nitrogens with one attached hydrogen (secondary N) is 11. The van der Waals surface area contributed by atoms with Gasteiger partial charge in [0, 0.05) is 141 Å². The van der Waals surface area contributed by atoms with E-state index in [2.05, 4.69) is 126 Å². The number of hydrogen-bond acceptors (Lipinski definition) is 41. The molecule has 126 heavy (non-hydrogen) atoms. The number of anilines is 10. The zero-order valence-corrected chi connectivity index (χ0v) is 69.0. The fourth-order valence-corrected chi connectivity index (χ4v) is 9.64. The first-order valence-electron chi connectivity index (χ1n) is 35.7. The number of amides is 6. The molecule has 18 heterocycles. The molecule has 0 bridgehead atoms. The van der Waals surface area contributed by atoms with Gasteiger partial charge in [-0.1, -0.05) is 0 Å². The Labute approximate surface area is 705 Å². The number of imide groups is 1. The van der Waals surface area contributed by atoms with Crippen LogP contribution in [0.4, 0.5) is 68.3 Å². The van der Waals surface area contributed by atoms with Crippen LogP contribution in [0.1, 0.15) is 38.6 Å². The van der Waals surface area contributed by atoms with Crippen LogP contribution in [0.25, 0.3) is 33.5 Å². The molecule has 2 atom stereocenters. The van der Waals surface area contributed by atoms with Gasteiger partial charge in [-0.25, -0.2) is 68.6 Å². The second-order valence-corrected chi connectivity index (χ2v) is 26.1. The summed E-state index contributed by atoms with van der Waals surface area (Å²) >= 11 is 0. The molecular weight excluding hydrogens is 1660 g/mol. The van der Waals surface area contributed by atoms with Crippen LogP contribution in [0.15, 0.2) is 143 Å². The lowest BCUT2D eigenvalue weighted by Crippen LogP contribution is -2.64. The zero-order chi connectivity index (χ0) is 93.4. The van der Waals surface area contributed by atoms with E-state index in [0.717, 1.165) is 16.7 Å². The Bertz CT molecular complexity index is 6650. The predicted molar refractivity (Wildman–Crippen MR) is 460 cm³/mol. The minimum atomic E-state index is -0.517. The summed E-state index contributed by atoms with van der Waals surface area (Å²) in [5.41, 5.74) is 62.7. The van der Waals surface area contributed by atoms with Crippen LogP contribution >= 0.6 is 0 Å². The van der Waals surface area contributed by atoms with Crippen LogP contribution in [-0.2, 0) is 53.5 Å². The predicted octanol–water partition coefficient (Wildman–Crippen LogP) is -7.13. The first kappa shape index (κ1) is 94.6. The molecule has 33 N–H and O–H groups in total. The molecule has 13 aromatic rings. The topological polar surface area (TPSA) is 893 Å². The number of carbonyl (C=O) groups excluding carboxylic acids is 4. The third-order valence-corrected chi connectivity index (χ3v) is 16.5. The van der Waals surface area contributed by atoms with Crippen molar-refractivity contribution in [3.63, 3.8) is 0 Å². The Kier molecular flexibility index (Phi) is 31.7. The Morgan fingerprint density at radius 3 is 1.59 bits per heavy atom. The van der Waals surface area contributed by atoms with Crippen molar-refractivity contribution in [3.05, 3.63) is 217 Å². The van der Waals surface area contributed by atoms with E-state index < -0.39 is 28.5 Å². The van der Waals surface area contributed by atoms with Crippen molar-refractivity contribution >= 4 is 128 Å². The van der Waals surface area contributed by atoms with E-state index in [4.69, 9.17) is 68.5 Å². The van der Waals surface area contributed by atoms with Crippen molar-refractivity contribution in [1.82, 2.24) is 168 Å². The first-order valence-corrected chi connectivity index (χ1v) is 35.7. The van der Waals surface area contributed by atoms with E-state index in [0.29, 0.717) is 74.1 Å². The highest BCUT2D eigenvalue weighted by Gasteiger charge is 2.34. The standard InChI is InChI=1S/C7H7N3O2.C6H8N6.C6H7N5O.2C6H9N5O.C6H6N4O2.2C5H8N4.3C5H7N3O.C5H6N2O2/c1-10-3-8-6-4(10)2-5(11)9-7(6)12;1-12-2-9-3-4(7)10-6(8)11-5(3)12;1-11-2-8-3-4(7)9-6(12)10-5(3)11;1-10-2-3-11-4(7)8-5(12)9-6(10)11;1-10-2-3-11-5(10)8-4(7)9-6(11)12;1-10-2-7-3-4(10)8-6(12)9-5(3)11;2*1-3-2-8-5(7)9-4(3)6;1-8-3-2-4(9)7-5(8)6;1-3-5(9)8-4(6)2-7-3;1-3-2-7-5(9)8-4(3)6;1-7-3-2-4(8)6-5(7)9/h3H,2H2,1H3,(H,9,11,12);2H,1H3,(H4,7,8,10,11);2H,1H3,(H3,7,9,10,12);2-3,6H,1H3,(H3,7,8,9,12);2-3,5H,1H3,(H3,7,8,9,12);2H,1H3,(H2,8,9,11,12);2*2H,1H3,(H4,6,7,8,9);2-3H,1H3,(H2,6,7,9);2H,1H3,(H3,6,8,9);2H,1H3,(H3,6,7,8,9);2-3H,1H3,(H,6,8,9). The van der Waals surface area contributed by atoms with Crippen molar-refractivity contribution in [2.75, 3.05) is 71.4 Å². The average Bonchev–Trinajstić information content (AvgIpc) is 1.69. The lowest BCUT2D eigenvalue weighted by molar-refractivity contribution is -0.119. The lowest BCUT2D eigenvalue weighted by Gasteiger charge is -2.34. The molecule has 5 aliphatic heterocycles. The number of guanidine groups is 2. The second-order valence-electron chi connectivity index (χ2n) is 26.1. The summed E-state index contributed by atoms with van der Waals surface area (Å²) in [4.78, 5) is 206. The normalized spacial score (nSPS) is 13.7. The number of H-pyrrole nitrogens is 6.